The van der Waals surface area contributed by atoms with Crippen LogP contribution in [0.1, 0.15) is 26.3 Å². The molecule has 25 heavy (non-hydrogen) atoms. The number of hydrogen-bond donors (Lipinski definition) is 0. The monoisotopic (exact) mass is 390 g/mol. The largest absolute Gasteiger partial charge is 0.443 e. The van der Waals surface area contributed by atoms with Gasteiger partial charge in [-0.1, -0.05) is 0 Å². The van der Waals surface area contributed by atoms with Gasteiger partial charge in [0, 0.05) is 5.38 Å². The van der Waals surface area contributed by atoms with E-state index in [2.05, 4.69) is 4.98 Å². The Bertz CT molecular complexity index is 891. The van der Waals surface area contributed by atoms with Crippen LogP contribution in [0.4, 0.5) is 19.4 Å². The fraction of sp³-hybridized carbons (Fsp3) is 0.333. The summed E-state index contributed by atoms with van der Waals surface area (Å²) in [5, 5.41) is 1.28. The first-order chi connectivity index (χ1) is 11.4. The third-order valence-electron chi connectivity index (χ3n) is 2.92. The van der Waals surface area contributed by atoms with Crippen LogP contribution in [0.3, 0.4) is 0 Å². The Morgan fingerprint density at radius 1 is 1.24 bits per heavy atom. The number of thiazole rings is 1. The zero-order valence-corrected chi connectivity index (χ0v) is 15.5. The first-order valence-electron chi connectivity index (χ1n) is 7.05. The van der Waals surface area contributed by atoms with E-state index in [4.69, 9.17) is 4.74 Å². The summed E-state index contributed by atoms with van der Waals surface area (Å²) in [7, 11) is -4.78. The summed E-state index contributed by atoms with van der Waals surface area (Å²) in [6.07, 6.45) is -1.27. The Hall–Kier alpha value is -2.07. The van der Waals surface area contributed by atoms with Gasteiger partial charge in [-0.25, -0.2) is 27.0 Å². The number of hydrogen-bond acceptors (Lipinski definition) is 6. The number of benzene rings is 1. The molecule has 0 saturated heterocycles. The molecule has 0 spiro atoms. The zero-order valence-electron chi connectivity index (χ0n) is 13.9. The highest BCUT2D eigenvalue weighted by Gasteiger charge is 2.38. The summed E-state index contributed by atoms with van der Waals surface area (Å²) in [6.45, 7) is 5.93. The molecule has 0 aliphatic carbocycles. The molecule has 0 N–H and O–H groups in total. The van der Waals surface area contributed by atoms with Gasteiger partial charge >= 0.3 is 6.09 Å². The van der Waals surface area contributed by atoms with Crippen LogP contribution in [0.15, 0.2) is 27.9 Å². The average Bonchev–Trinajstić information content (AvgIpc) is 2.94. The minimum Gasteiger partial charge on any atom is -0.443 e. The summed E-state index contributed by atoms with van der Waals surface area (Å²) >= 11 is 1.03. The van der Waals surface area contributed by atoms with E-state index >= 15 is 0 Å². The maximum absolute atomic E-state index is 14.2. The Balaban J connectivity index is 2.61. The van der Waals surface area contributed by atoms with Crippen LogP contribution < -0.4 is 4.31 Å². The van der Waals surface area contributed by atoms with Gasteiger partial charge in [-0.2, -0.15) is 0 Å². The number of halogens is 2. The predicted octanol–water partition coefficient (Wildman–Crippen LogP) is 3.86. The minimum atomic E-state index is -4.78. The second kappa shape index (κ2) is 6.68. The van der Waals surface area contributed by atoms with Crippen LogP contribution in [-0.2, 0) is 14.8 Å². The fourth-order valence-corrected chi connectivity index (χ4v) is 3.77. The van der Waals surface area contributed by atoms with Crippen LogP contribution in [0.2, 0.25) is 0 Å². The maximum Gasteiger partial charge on any atom is 0.430 e. The molecule has 1 aromatic carbocycles. The zero-order chi connectivity index (χ0) is 19.0. The predicted molar refractivity (Wildman–Crippen MR) is 89.1 cm³/mol. The normalized spacial score (nSPS) is 12.1. The maximum atomic E-state index is 14.2. The van der Waals surface area contributed by atoms with Gasteiger partial charge in [-0.05, 0) is 45.4 Å². The van der Waals surface area contributed by atoms with Gasteiger partial charge in [0.1, 0.15) is 22.1 Å². The lowest BCUT2D eigenvalue weighted by molar-refractivity contribution is 0.0608. The van der Waals surface area contributed by atoms with Crippen LogP contribution in [0, 0.1) is 18.6 Å². The number of aromatic nitrogens is 1. The van der Waals surface area contributed by atoms with E-state index in [1.54, 1.807) is 20.8 Å². The smallest absolute Gasteiger partial charge is 0.430 e. The Kier molecular flexibility index (Phi) is 5.14. The van der Waals surface area contributed by atoms with Crippen molar-refractivity contribution in [2.24, 2.45) is 0 Å². The van der Waals surface area contributed by atoms with Gasteiger partial charge in [0.25, 0.3) is 10.0 Å². The lowest BCUT2D eigenvalue weighted by Gasteiger charge is -2.25. The summed E-state index contributed by atoms with van der Waals surface area (Å²) in [4.78, 5) is 15.2. The summed E-state index contributed by atoms with van der Waals surface area (Å²) in [5.41, 5.74) is 0.237. The fourth-order valence-electron chi connectivity index (χ4n) is 1.85. The Morgan fingerprint density at radius 2 is 1.88 bits per heavy atom. The molecule has 2 rings (SSSR count). The minimum absolute atomic E-state index is 0.0612. The van der Waals surface area contributed by atoms with Gasteiger partial charge in [0.05, 0.1) is 5.51 Å². The van der Waals surface area contributed by atoms with E-state index in [1.165, 1.54) is 17.8 Å². The van der Waals surface area contributed by atoms with Gasteiger partial charge < -0.3 is 4.74 Å². The van der Waals surface area contributed by atoms with Crippen molar-refractivity contribution < 1.29 is 26.7 Å². The number of carbonyl (C=O) groups excluding carboxylic acids is 1. The van der Waals surface area contributed by atoms with Crippen LogP contribution in [-0.4, -0.2) is 25.1 Å². The molecule has 0 aliphatic rings. The van der Waals surface area contributed by atoms with Crippen molar-refractivity contribution in [2.75, 3.05) is 4.31 Å². The van der Waals surface area contributed by atoms with Gasteiger partial charge in [0.2, 0.25) is 0 Å². The number of ether oxygens (including phenoxy) is 1. The van der Waals surface area contributed by atoms with Crippen molar-refractivity contribution in [3.05, 3.63) is 40.2 Å². The molecule has 10 heteroatoms. The molecule has 6 nitrogen and oxygen atoms in total. The molecular weight excluding hydrogens is 374 g/mol. The summed E-state index contributed by atoms with van der Waals surface area (Å²) in [5.74, 6) is -2.36. The second-order valence-corrected chi connectivity index (χ2v) is 8.60. The third-order valence-corrected chi connectivity index (χ3v) is 5.18. The number of rotatable bonds is 3. The van der Waals surface area contributed by atoms with Crippen molar-refractivity contribution in [1.29, 1.82) is 0 Å². The standard InChI is InChI=1S/C15H16F2N2O4S2/c1-9-5-11(17)12(6-10(9)16)25(21,22)19(13-7-24-8-18-13)14(20)23-15(2,3)4/h5-8H,1-4H3. The molecule has 1 amide bonds. The van der Waals surface area contributed by atoms with Crippen molar-refractivity contribution in [2.45, 2.75) is 38.2 Å². The van der Waals surface area contributed by atoms with Crippen molar-refractivity contribution in [1.82, 2.24) is 4.98 Å². The van der Waals surface area contributed by atoms with Crippen LogP contribution in [0.5, 0.6) is 0 Å². The van der Waals surface area contributed by atoms with Crippen LogP contribution in [0.25, 0.3) is 0 Å². The lowest BCUT2D eigenvalue weighted by Crippen LogP contribution is -2.41. The first-order valence-corrected chi connectivity index (χ1v) is 9.44. The second-order valence-electron chi connectivity index (χ2n) is 6.13. The Morgan fingerprint density at radius 3 is 2.40 bits per heavy atom. The molecule has 136 valence electrons. The number of aryl methyl sites for hydroxylation is 1. The lowest BCUT2D eigenvalue weighted by atomic mass is 10.2. The molecule has 0 aliphatic heterocycles. The molecule has 0 radical (unpaired) electrons. The molecule has 0 unspecified atom stereocenters. The van der Waals surface area contributed by atoms with Crippen molar-refractivity contribution >= 4 is 33.3 Å². The van der Waals surface area contributed by atoms with E-state index in [1.807, 2.05) is 0 Å². The molecule has 0 saturated carbocycles. The highest BCUT2D eigenvalue weighted by Crippen LogP contribution is 2.28. The van der Waals surface area contributed by atoms with Crippen molar-refractivity contribution in [3.63, 3.8) is 0 Å². The number of amides is 1. The molecule has 1 heterocycles. The summed E-state index contributed by atoms with van der Waals surface area (Å²) in [6, 6.07) is 1.28. The Labute approximate surface area is 148 Å². The SMILES string of the molecule is Cc1cc(F)c(S(=O)(=O)N(C(=O)OC(C)(C)C)c2cscn2)cc1F. The first kappa shape index (κ1) is 19.3. The average molecular weight is 390 g/mol. The molecule has 0 bridgehead atoms. The molecule has 0 fully saturated rings. The summed E-state index contributed by atoms with van der Waals surface area (Å²) < 4.78 is 58.9. The van der Waals surface area contributed by atoms with Gasteiger partial charge in [0.15, 0.2) is 5.82 Å². The highest BCUT2D eigenvalue weighted by atomic mass is 32.2. The van der Waals surface area contributed by atoms with Gasteiger partial charge in [-0.3, -0.25) is 0 Å². The molecule has 2 aromatic rings. The van der Waals surface area contributed by atoms with Crippen LogP contribution >= 0.6 is 11.3 Å². The van der Waals surface area contributed by atoms with E-state index < -0.39 is 38.2 Å². The number of nitrogens with zero attached hydrogens (tertiary/aromatic N) is 2. The number of anilines is 1. The van der Waals surface area contributed by atoms with E-state index in [9.17, 15) is 22.0 Å². The molecule has 0 atom stereocenters. The quantitative estimate of drug-likeness (QED) is 0.795. The topological polar surface area (TPSA) is 76.6 Å². The molecule has 1 aromatic heterocycles. The van der Waals surface area contributed by atoms with Gasteiger partial charge in [-0.15, -0.1) is 15.6 Å². The van der Waals surface area contributed by atoms with E-state index in [0.717, 1.165) is 17.4 Å². The van der Waals surface area contributed by atoms with E-state index in [-0.39, 0.29) is 15.7 Å². The van der Waals surface area contributed by atoms with E-state index in [0.29, 0.717) is 6.07 Å². The molecular formula is C15H16F2N2O4S2. The highest BCUT2D eigenvalue weighted by molar-refractivity contribution is 7.93. The number of sulfonamides is 1. The third kappa shape index (κ3) is 4.13. The van der Waals surface area contributed by atoms with Crippen molar-refractivity contribution in [3.8, 4) is 0 Å². The number of carbonyl (C=O) groups is 1.